The first kappa shape index (κ1) is 12.4. The molecule has 1 N–H and O–H groups in total. The number of fused-ring (bicyclic) bond motifs is 1. The Morgan fingerprint density at radius 1 is 1.39 bits per heavy atom. The number of piperidine rings is 1. The molecule has 2 saturated heterocycles. The number of rotatable bonds is 3. The van der Waals surface area contributed by atoms with Gasteiger partial charge in [-0.05, 0) is 38.0 Å². The van der Waals surface area contributed by atoms with Crippen molar-refractivity contribution in [3.8, 4) is 0 Å². The first-order valence-electron chi connectivity index (χ1n) is 7.29. The largest absolute Gasteiger partial charge is 0.378 e. The Bertz CT molecular complexity index is 322. The summed E-state index contributed by atoms with van der Waals surface area (Å²) < 4.78 is 5.58. The van der Waals surface area contributed by atoms with Crippen molar-refractivity contribution in [2.24, 2.45) is 5.92 Å². The second kappa shape index (κ2) is 4.82. The quantitative estimate of drug-likeness (QED) is 0.819. The summed E-state index contributed by atoms with van der Waals surface area (Å²) in [5.74, 6) is 0.998. The number of nitrogens with one attached hydrogen (secondary N) is 1. The highest BCUT2D eigenvalue weighted by Gasteiger charge is 2.43. The van der Waals surface area contributed by atoms with Gasteiger partial charge >= 0.3 is 0 Å². The lowest BCUT2D eigenvalue weighted by molar-refractivity contribution is -0.148. The lowest BCUT2D eigenvalue weighted by Gasteiger charge is -2.43. The van der Waals surface area contributed by atoms with E-state index >= 15 is 0 Å². The summed E-state index contributed by atoms with van der Waals surface area (Å²) in [6.45, 7) is 3.02. The summed E-state index contributed by atoms with van der Waals surface area (Å²) >= 11 is 0. The highest BCUT2D eigenvalue weighted by Crippen LogP contribution is 2.39. The summed E-state index contributed by atoms with van der Waals surface area (Å²) in [5, 5.41) is 3.43. The number of hydrogen-bond donors (Lipinski definition) is 1. The third-order valence-electron chi connectivity index (χ3n) is 5.17. The van der Waals surface area contributed by atoms with E-state index in [0.717, 1.165) is 38.9 Å². The number of amides is 1. The van der Waals surface area contributed by atoms with Crippen molar-refractivity contribution in [1.82, 2.24) is 10.2 Å². The Labute approximate surface area is 109 Å². The molecule has 0 spiro atoms. The zero-order valence-electron chi connectivity index (χ0n) is 11.3. The van der Waals surface area contributed by atoms with Crippen LogP contribution in [0.3, 0.4) is 0 Å². The minimum atomic E-state index is -0.129. The van der Waals surface area contributed by atoms with E-state index in [0.29, 0.717) is 24.3 Å². The van der Waals surface area contributed by atoms with Gasteiger partial charge in [0.25, 0.3) is 0 Å². The monoisotopic (exact) mass is 252 g/mol. The average molecular weight is 252 g/mol. The van der Waals surface area contributed by atoms with Crippen LogP contribution in [-0.2, 0) is 9.53 Å². The topological polar surface area (TPSA) is 41.6 Å². The van der Waals surface area contributed by atoms with E-state index in [1.165, 1.54) is 12.8 Å². The molecule has 0 radical (unpaired) electrons. The molecule has 0 aromatic carbocycles. The molecule has 2 heterocycles. The molecule has 2 aliphatic heterocycles. The van der Waals surface area contributed by atoms with Crippen molar-refractivity contribution in [1.29, 1.82) is 0 Å². The molecule has 1 aliphatic carbocycles. The molecule has 3 fully saturated rings. The van der Waals surface area contributed by atoms with E-state index in [1.54, 1.807) is 7.11 Å². The van der Waals surface area contributed by atoms with Gasteiger partial charge in [-0.3, -0.25) is 4.79 Å². The number of ether oxygens (including phenoxy) is 1. The van der Waals surface area contributed by atoms with Crippen LogP contribution in [-0.4, -0.2) is 49.2 Å². The second-order valence-electron chi connectivity index (χ2n) is 6.13. The first-order chi connectivity index (χ1) is 8.74. The average Bonchev–Trinajstić information content (AvgIpc) is 2.81. The van der Waals surface area contributed by atoms with Gasteiger partial charge in [-0.25, -0.2) is 0 Å². The summed E-state index contributed by atoms with van der Waals surface area (Å²) in [6.07, 6.45) is 6.33. The van der Waals surface area contributed by atoms with Gasteiger partial charge in [-0.2, -0.15) is 0 Å². The molecule has 4 heteroatoms. The Balaban J connectivity index is 1.64. The summed E-state index contributed by atoms with van der Waals surface area (Å²) in [6, 6.07) is 0.445. The highest BCUT2D eigenvalue weighted by molar-refractivity contribution is 5.78. The molecule has 18 heavy (non-hydrogen) atoms. The van der Waals surface area contributed by atoms with Crippen LogP contribution in [0, 0.1) is 5.92 Å². The number of hydrogen-bond acceptors (Lipinski definition) is 3. The third kappa shape index (κ3) is 2.05. The van der Waals surface area contributed by atoms with Crippen LogP contribution >= 0.6 is 0 Å². The maximum absolute atomic E-state index is 12.5. The standard InChI is InChI=1S/C14H24N2O2/c1-18-14(5-3-6-14)8-13(17)16-7-2-4-11-9-15-10-12(11)16/h11-12,15H,2-10H2,1H3. The number of methoxy groups -OCH3 is 1. The molecule has 0 aromatic heterocycles. The van der Waals surface area contributed by atoms with Crippen molar-refractivity contribution in [3.63, 3.8) is 0 Å². The summed E-state index contributed by atoms with van der Waals surface area (Å²) in [4.78, 5) is 14.7. The molecular weight excluding hydrogens is 228 g/mol. The Kier molecular flexibility index (Phi) is 3.32. The van der Waals surface area contributed by atoms with Crippen molar-refractivity contribution in [2.75, 3.05) is 26.7 Å². The smallest absolute Gasteiger partial charge is 0.225 e. The maximum atomic E-state index is 12.5. The van der Waals surface area contributed by atoms with Gasteiger partial charge in [0.1, 0.15) is 0 Å². The molecule has 4 nitrogen and oxygen atoms in total. The van der Waals surface area contributed by atoms with Crippen LogP contribution in [0.2, 0.25) is 0 Å². The van der Waals surface area contributed by atoms with Crippen LogP contribution < -0.4 is 5.32 Å². The van der Waals surface area contributed by atoms with E-state index in [4.69, 9.17) is 4.74 Å². The fourth-order valence-electron chi connectivity index (χ4n) is 3.78. The molecule has 0 bridgehead atoms. The van der Waals surface area contributed by atoms with Gasteiger partial charge in [0.05, 0.1) is 12.0 Å². The van der Waals surface area contributed by atoms with Gasteiger partial charge in [0.2, 0.25) is 5.91 Å². The number of nitrogens with zero attached hydrogens (tertiary/aromatic N) is 1. The summed E-state index contributed by atoms with van der Waals surface area (Å²) in [7, 11) is 1.75. The van der Waals surface area contributed by atoms with E-state index < -0.39 is 0 Å². The van der Waals surface area contributed by atoms with Gasteiger partial charge in [0.15, 0.2) is 0 Å². The van der Waals surface area contributed by atoms with Gasteiger partial charge in [0, 0.05) is 32.8 Å². The molecular formula is C14H24N2O2. The van der Waals surface area contributed by atoms with Crippen LogP contribution in [0.4, 0.5) is 0 Å². The predicted molar refractivity (Wildman–Crippen MR) is 69.3 cm³/mol. The molecule has 1 saturated carbocycles. The minimum absolute atomic E-state index is 0.129. The second-order valence-corrected chi connectivity index (χ2v) is 6.13. The van der Waals surface area contributed by atoms with Crippen LogP contribution in [0.1, 0.15) is 38.5 Å². The fourth-order valence-corrected chi connectivity index (χ4v) is 3.78. The molecule has 102 valence electrons. The fraction of sp³-hybridized carbons (Fsp3) is 0.929. The summed E-state index contributed by atoms with van der Waals surface area (Å²) in [5.41, 5.74) is -0.129. The number of carbonyl (C=O) groups excluding carboxylic acids is 1. The molecule has 3 rings (SSSR count). The number of likely N-dealkylation sites (tertiary alicyclic amines) is 1. The zero-order valence-corrected chi connectivity index (χ0v) is 11.3. The van der Waals surface area contributed by atoms with Crippen molar-refractivity contribution in [3.05, 3.63) is 0 Å². The minimum Gasteiger partial charge on any atom is -0.378 e. The molecule has 1 amide bonds. The van der Waals surface area contributed by atoms with E-state index in [2.05, 4.69) is 10.2 Å². The Hall–Kier alpha value is -0.610. The predicted octanol–water partition coefficient (Wildman–Crippen LogP) is 1.16. The Morgan fingerprint density at radius 2 is 2.22 bits per heavy atom. The molecule has 2 atom stereocenters. The van der Waals surface area contributed by atoms with E-state index in [1.807, 2.05) is 0 Å². The lowest BCUT2D eigenvalue weighted by atomic mass is 9.77. The highest BCUT2D eigenvalue weighted by atomic mass is 16.5. The first-order valence-corrected chi connectivity index (χ1v) is 7.29. The maximum Gasteiger partial charge on any atom is 0.225 e. The van der Waals surface area contributed by atoms with E-state index in [9.17, 15) is 4.79 Å². The van der Waals surface area contributed by atoms with Crippen LogP contribution in [0.15, 0.2) is 0 Å². The lowest BCUT2D eigenvalue weighted by Crippen LogP contribution is -2.52. The van der Waals surface area contributed by atoms with Gasteiger partial charge < -0.3 is 15.0 Å². The van der Waals surface area contributed by atoms with Gasteiger partial charge in [-0.1, -0.05) is 0 Å². The normalized spacial score (nSPS) is 33.9. The van der Waals surface area contributed by atoms with E-state index in [-0.39, 0.29) is 5.60 Å². The van der Waals surface area contributed by atoms with Crippen LogP contribution in [0.25, 0.3) is 0 Å². The molecule has 0 aromatic rings. The number of carbonyl (C=O) groups is 1. The Morgan fingerprint density at radius 3 is 2.89 bits per heavy atom. The zero-order chi connectivity index (χ0) is 12.6. The van der Waals surface area contributed by atoms with Gasteiger partial charge in [-0.15, -0.1) is 0 Å². The van der Waals surface area contributed by atoms with Crippen molar-refractivity contribution in [2.45, 2.75) is 50.2 Å². The van der Waals surface area contributed by atoms with Crippen molar-refractivity contribution < 1.29 is 9.53 Å². The van der Waals surface area contributed by atoms with Crippen LogP contribution in [0.5, 0.6) is 0 Å². The van der Waals surface area contributed by atoms with Crippen molar-refractivity contribution >= 4 is 5.91 Å². The third-order valence-corrected chi connectivity index (χ3v) is 5.17. The molecule has 3 aliphatic rings. The molecule has 2 unspecified atom stereocenters. The SMILES string of the molecule is COC1(CC(=O)N2CCCC3CNCC32)CCC1.